The Morgan fingerprint density at radius 1 is 0.900 bits per heavy atom. The van der Waals surface area contributed by atoms with Gasteiger partial charge >= 0.3 is 12.1 Å². The average molecular weight is 436 g/mol. The van der Waals surface area contributed by atoms with Crippen molar-refractivity contribution in [3.63, 3.8) is 0 Å². The highest BCUT2D eigenvalue weighted by Gasteiger charge is 2.32. The molecule has 2 heterocycles. The summed E-state index contributed by atoms with van der Waals surface area (Å²) in [4.78, 5) is 11.9. The molecule has 0 atom stereocenters. The summed E-state index contributed by atoms with van der Waals surface area (Å²) in [7, 11) is -3.41. The summed E-state index contributed by atoms with van der Waals surface area (Å²) >= 11 is 0. The van der Waals surface area contributed by atoms with Crippen molar-refractivity contribution in [3.05, 3.63) is 59.9 Å². The van der Waals surface area contributed by atoms with Crippen molar-refractivity contribution in [1.82, 2.24) is 0 Å². The standard InChI is InChI=1S/C21H15F3O5S/c1-30(26,27)15-8-4-12(5-9-15)18-19(28-16-10-11-17(25)29-20(16)18)13-2-6-14(7-3-13)21(22,23)24/h2-9H,10-11H2,1H3. The summed E-state index contributed by atoms with van der Waals surface area (Å²) in [6.45, 7) is 0. The lowest BCUT2D eigenvalue weighted by atomic mass is 9.99. The first-order valence-electron chi connectivity index (χ1n) is 8.88. The van der Waals surface area contributed by atoms with Crippen LogP contribution < -0.4 is 4.74 Å². The van der Waals surface area contributed by atoms with Crippen molar-refractivity contribution in [2.75, 3.05) is 6.26 Å². The van der Waals surface area contributed by atoms with Crippen molar-refractivity contribution >= 4 is 15.8 Å². The van der Waals surface area contributed by atoms with E-state index < -0.39 is 27.5 Å². The molecule has 0 aliphatic carbocycles. The first kappa shape index (κ1) is 20.2. The normalized spacial score (nSPS) is 14.3. The highest BCUT2D eigenvalue weighted by molar-refractivity contribution is 7.90. The Hall–Kier alpha value is -3.07. The predicted molar refractivity (Wildman–Crippen MR) is 102 cm³/mol. The Morgan fingerprint density at radius 3 is 2.07 bits per heavy atom. The number of esters is 1. The molecule has 1 aliphatic rings. The Balaban J connectivity index is 1.87. The fourth-order valence-corrected chi connectivity index (χ4v) is 3.89. The third-order valence-corrected chi connectivity index (χ3v) is 5.88. The molecule has 30 heavy (non-hydrogen) atoms. The molecule has 0 amide bonds. The maximum absolute atomic E-state index is 12.9. The molecule has 3 aromatic rings. The number of aryl methyl sites for hydroxylation is 1. The monoisotopic (exact) mass is 436 g/mol. The maximum Gasteiger partial charge on any atom is 0.416 e. The van der Waals surface area contributed by atoms with E-state index in [1.54, 1.807) is 0 Å². The smallest absolute Gasteiger partial charge is 0.416 e. The topological polar surface area (TPSA) is 73.6 Å². The summed E-state index contributed by atoms with van der Waals surface area (Å²) in [6.07, 6.45) is -2.97. The number of halogens is 3. The number of sulfone groups is 1. The average Bonchev–Trinajstić information content (AvgIpc) is 3.05. The van der Waals surface area contributed by atoms with E-state index in [1.165, 1.54) is 36.4 Å². The fraction of sp³-hybridized carbons (Fsp3) is 0.190. The summed E-state index contributed by atoms with van der Waals surface area (Å²) in [5, 5.41) is 0. The van der Waals surface area contributed by atoms with Crippen molar-refractivity contribution in [2.45, 2.75) is 23.9 Å². The van der Waals surface area contributed by atoms with Crippen LogP contribution in [0.4, 0.5) is 13.2 Å². The second-order valence-electron chi connectivity index (χ2n) is 6.90. The number of carbonyl (C=O) groups is 1. The van der Waals surface area contributed by atoms with Gasteiger partial charge in [0.15, 0.2) is 15.6 Å². The SMILES string of the molecule is CS(=O)(=O)c1ccc(-c2c(-c3ccc(C(F)(F)F)cc3)oc3c2OC(=O)CC3)cc1. The lowest BCUT2D eigenvalue weighted by molar-refractivity contribution is -0.137. The molecule has 156 valence electrons. The zero-order valence-electron chi connectivity index (χ0n) is 15.6. The van der Waals surface area contributed by atoms with Crippen LogP contribution in [0.5, 0.6) is 5.75 Å². The quantitative estimate of drug-likeness (QED) is 0.547. The Bertz CT molecular complexity index is 1220. The van der Waals surface area contributed by atoms with Gasteiger partial charge in [-0.2, -0.15) is 13.2 Å². The molecule has 9 heteroatoms. The van der Waals surface area contributed by atoms with E-state index in [1.807, 2.05) is 0 Å². The van der Waals surface area contributed by atoms with Crippen LogP contribution in [0.3, 0.4) is 0 Å². The van der Waals surface area contributed by atoms with Gasteiger partial charge in [-0.05, 0) is 29.8 Å². The molecule has 5 nitrogen and oxygen atoms in total. The molecule has 2 aromatic carbocycles. The highest BCUT2D eigenvalue weighted by atomic mass is 32.2. The van der Waals surface area contributed by atoms with Gasteiger partial charge in [-0.25, -0.2) is 8.42 Å². The maximum atomic E-state index is 12.9. The number of alkyl halides is 3. The molecular formula is C21H15F3O5S. The van der Waals surface area contributed by atoms with Gasteiger partial charge in [0.05, 0.1) is 22.4 Å². The number of ether oxygens (including phenoxy) is 1. The third kappa shape index (κ3) is 3.72. The van der Waals surface area contributed by atoms with Gasteiger partial charge in [-0.1, -0.05) is 24.3 Å². The third-order valence-electron chi connectivity index (χ3n) is 4.75. The van der Waals surface area contributed by atoms with Crippen molar-refractivity contribution in [1.29, 1.82) is 0 Å². The van der Waals surface area contributed by atoms with Crippen molar-refractivity contribution in [2.24, 2.45) is 0 Å². The van der Waals surface area contributed by atoms with Gasteiger partial charge in [0.2, 0.25) is 0 Å². The van der Waals surface area contributed by atoms with E-state index in [0.717, 1.165) is 18.4 Å². The minimum absolute atomic E-state index is 0.108. The Kier molecular flexibility index (Phi) is 4.73. The van der Waals surface area contributed by atoms with Gasteiger partial charge < -0.3 is 9.15 Å². The molecule has 0 unspecified atom stereocenters. The molecular weight excluding hydrogens is 421 g/mol. The summed E-state index contributed by atoms with van der Waals surface area (Å²) in [5.74, 6) is 0.409. The number of hydrogen-bond acceptors (Lipinski definition) is 5. The number of carbonyl (C=O) groups excluding carboxylic acids is 1. The summed E-state index contributed by atoms with van der Waals surface area (Å²) < 4.78 is 73.4. The largest absolute Gasteiger partial charge is 0.456 e. The number of benzene rings is 2. The van der Waals surface area contributed by atoms with Crippen molar-refractivity contribution < 1.29 is 35.5 Å². The highest BCUT2D eigenvalue weighted by Crippen LogP contribution is 2.46. The number of hydrogen-bond donors (Lipinski definition) is 0. The summed E-state index contributed by atoms with van der Waals surface area (Å²) in [5.41, 5.74) is 0.471. The summed E-state index contributed by atoms with van der Waals surface area (Å²) in [6, 6.07) is 10.3. The molecule has 1 aromatic heterocycles. The number of fused-ring (bicyclic) bond motifs is 1. The molecule has 0 saturated carbocycles. The molecule has 0 radical (unpaired) electrons. The minimum Gasteiger partial charge on any atom is -0.456 e. The zero-order chi connectivity index (χ0) is 21.7. The first-order valence-corrected chi connectivity index (χ1v) is 10.8. The number of rotatable bonds is 3. The van der Waals surface area contributed by atoms with Gasteiger partial charge in [-0.15, -0.1) is 0 Å². The van der Waals surface area contributed by atoms with Crippen LogP contribution in [0.25, 0.3) is 22.5 Å². The first-order chi connectivity index (χ1) is 14.0. The van der Waals surface area contributed by atoms with Gasteiger partial charge in [0, 0.05) is 18.2 Å². The molecule has 0 bridgehead atoms. The van der Waals surface area contributed by atoms with Crippen LogP contribution >= 0.6 is 0 Å². The van der Waals surface area contributed by atoms with E-state index in [0.29, 0.717) is 28.9 Å². The molecule has 0 spiro atoms. The van der Waals surface area contributed by atoms with E-state index >= 15 is 0 Å². The van der Waals surface area contributed by atoms with E-state index in [4.69, 9.17) is 9.15 Å². The Labute approximate surface area is 170 Å². The van der Waals surface area contributed by atoms with Gasteiger partial charge in [-0.3, -0.25) is 4.79 Å². The molecule has 0 fully saturated rings. The van der Waals surface area contributed by atoms with E-state index in [9.17, 15) is 26.4 Å². The molecule has 0 N–H and O–H groups in total. The molecule has 1 aliphatic heterocycles. The van der Waals surface area contributed by atoms with Crippen LogP contribution in [0, 0.1) is 0 Å². The van der Waals surface area contributed by atoms with Crippen LogP contribution in [0.2, 0.25) is 0 Å². The molecule has 0 saturated heterocycles. The second kappa shape index (κ2) is 7.02. The van der Waals surface area contributed by atoms with Gasteiger partial charge in [0.1, 0.15) is 11.5 Å². The van der Waals surface area contributed by atoms with E-state index in [2.05, 4.69) is 0 Å². The fourth-order valence-electron chi connectivity index (χ4n) is 3.26. The van der Waals surface area contributed by atoms with Crippen LogP contribution in [0.1, 0.15) is 17.7 Å². The van der Waals surface area contributed by atoms with Crippen LogP contribution in [-0.2, 0) is 27.2 Å². The second-order valence-corrected chi connectivity index (χ2v) is 8.92. The lowest BCUT2D eigenvalue weighted by Crippen LogP contribution is -2.14. The van der Waals surface area contributed by atoms with E-state index in [-0.39, 0.29) is 22.8 Å². The van der Waals surface area contributed by atoms with Crippen LogP contribution in [0.15, 0.2) is 57.8 Å². The Morgan fingerprint density at radius 2 is 1.50 bits per heavy atom. The van der Waals surface area contributed by atoms with Gasteiger partial charge in [0.25, 0.3) is 0 Å². The predicted octanol–water partition coefficient (Wildman–Crippen LogP) is 4.89. The zero-order valence-corrected chi connectivity index (χ0v) is 16.4. The van der Waals surface area contributed by atoms with Crippen molar-refractivity contribution in [3.8, 4) is 28.2 Å². The lowest BCUT2D eigenvalue weighted by Gasteiger charge is -2.12. The minimum atomic E-state index is -4.47. The molecule has 4 rings (SSSR count). The number of furan rings is 1. The van der Waals surface area contributed by atoms with Crippen LogP contribution in [-0.4, -0.2) is 20.6 Å².